The first kappa shape index (κ1) is 26.4. The Kier molecular flexibility index (Phi) is 9.06. The van der Waals surface area contributed by atoms with Gasteiger partial charge in [0.25, 0.3) is 0 Å². The van der Waals surface area contributed by atoms with Crippen molar-refractivity contribution in [2.24, 2.45) is 0 Å². The Morgan fingerprint density at radius 2 is 1.42 bits per heavy atom. The number of esters is 2. The molecule has 0 aliphatic rings. The van der Waals surface area contributed by atoms with Crippen LogP contribution in [0.4, 0.5) is 35.1 Å². The number of methoxy groups -OCH3 is 1. The van der Waals surface area contributed by atoms with Gasteiger partial charge in [-0.2, -0.15) is 26.3 Å². The predicted octanol–water partition coefficient (Wildman–Crippen LogP) is 4.62. The van der Waals surface area contributed by atoms with Crippen LogP contribution in [0.15, 0.2) is 24.3 Å². The number of halogens is 8. The van der Waals surface area contributed by atoms with Gasteiger partial charge in [-0.3, -0.25) is 9.59 Å². The molecule has 0 fully saturated rings. The maximum atomic E-state index is 13.3. The van der Waals surface area contributed by atoms with E-state index >= 15 is 0 Å². The lowest BCUT2D eigenvalue weighted by Gasteiger charge is -2.31. The van der Waals surface area contributed by atoms with E-state index in [0.717, 1.165) is 0 Å². The first-order chi connectivity index (χ1) is 14.2. The second-order valence-corrected chi connectivity index (χ2v) is 6.23. The van der Waals surface area contributed by atoms with Gasteiger partial charge in [-0.1, -0.05) is 12.1 Å². The molecule has 0 bridgehead atoms. The first-order valence-electron chi connectivity index (χ1n) is 8.60. The lowest BCUT2D eigenvalue weighted by Crippen LogP contribution is -2.59. The Bertz CT molecular complexity index is 737. The maximum Gasteiger partial charge on any atom is 0.381 e. The largest absolute Gasteiger partial charge is 0.497 e. The Hall–Kier alpha value is -2.60. The van der Waals surface area contributed by atoms with Gasteiger partial charge in [-0.05, 0) is 24.1 Å². The normalized spacial score (nSPS) is 12.6. The van der Waals surface area contributed by atoms with E-state index in [1.807, 2.05) is 0 Å². The predicted molar refractivity (Wildman–Crippen MR) is 88.4 cm³/mol. The fraction of sp³-hybridized carbons (Fsp3) is 0.556. The molecule has 1 aromatic rings. The van der Waals surface area contributed by atoms with Crippen molar-refractivity contribution in [3.8, 4) is 5.75 Å². The Morgan fingerprint density at radius 3 is 1.90 bits per heavy atom. The molecule has 0 N–H and O–H groups in total. The first-order valence-corrected chi connectivity index (χ1v) is 8.60. The highest BCUT2D eigenvalue weighted by Crippen LogP contribution is 2.48. The third-order valence-electron chi connectivity index (χ3n) is 3.89. The molecular formula is C18H18F8O5. The van der Waals surface area contributed by atoms with Crippen molar-refractivity contribution in [2.45, 2.75) is 50.1 Å². The third kappa shape index (κ3) is 6.96. The van der Waals surface area contributed by atoms with Crippen LogP contribution in [0, 0.1) is 0 Å². The molecule has 0 unspecified atom stereocenters. The van der Waals surface area contributed by atoms with Crippen LogP contribution in [0.3, 0.4) is 0 Å². The van der Waals surface area contributed by atoms with E-state index in [1.54, 1.807) is 24.3 Å². The van der Waals surface area contributed by atoms with Crippen LogP contribution in [-0.2, 0) is 25.7 Å². The number of rotatable bonds is 12. The minimum absolute atomic E-state index is 0.104. The second-order valence-electron chi connectivity index (χ2n) is 6.23. The molecule has 0 atom stereocenters. The lowest BCUT2D eigenvalue weighted by atomic mass is 10.1. The van der Waals surface area contributed by atoms with Crippen molar-refractivity contribution in [1.29, 1.82) is 0 Å². The third-order valence-corrected chi connectivity index (χ3v) is 3.89. The summed E-state index contributed by atoms with van der Waals surface area (Å²) in [4.78, 5) is 22.9. The van der Waals surface area contributed by atoms with Gasteiger partial charge in [-0.15, -0.1) is 0 Å². The van der Waals surface area contributed by atoms with Crippen molar-refractivity contribution in [3.05, 3.63) is 29.8 Å². The molecule has 5 nitrogen and oxygen atoms in total. The summed E-state index contributed by atoms with van der Waals surface area (Å²) in [6.07, 6.45) is -6.41. The molecule has 176 valence electrons. The molecule has 0 saturated carbocycles. The van der Waals surface area contributed by atoms with Crippen LogP contribution in [0.1, 0.15) is 24.8 Å². The SMILES string of the molecule is COc1ccc(COC(=O)CCCC(=O)OCC(F)(F)C(F)(F)C(F)(F)C(F)F)cc1. The second kappa shape index (κ2) is 10.6. The summed E-state index contributed by atoms with van der Waals surface area (Å²) in [7, 11) is 1.46. The summed E-state index contributed by atoms with van der Waals surface area (Å²) in [6, 6.07) is 6.49. The number of hydrogen-bond donors (Lipinski definition) is 0. The van der Waals surface area contributed by atoms with E-state index in [2.05, 4.69) is 4.74 Å². The molecule has 0 spiro atoms. The highest BCUT2D eigenvalue weighted by Gasteiger charge is 2.75. The van der Waals surface area contributed by atoms with Crippen molar-refractivity contribution in [1.82, 2.24) is 0 Å². The minimum Gasteiger partial charge on any atom is -0.497 e. The minimum atomic E-state index is -6.46. The Morgan fingerprint density at radius 1 is 0.903 bits per heavy atom. The smallest absolute Gasteiger partial charge is 0.381 e. The summed E-state index contributed by atoms with van der Waals surface area (Å²) in [6.45, 7) is -2.64. The topological polar surface area (TPSA) is 61.8 Å². The molecule has 0 heterocycles. The molecule has 0 aliphatic carbocycles. The fourth-order valence-corrected chi connectivity index (χ4v) is 2.05. The fourth-order valence-electron chi connectivity index (χ4n) is 2.05. The summed E-state index contributed by atoms with van der Waals surface area (Å²) < 4.78 is 116. The van der Waals surface area contributed by atoms with E-state index in [0.29, 0.717) is 11.3 Å². The number of hydrogen-bond acceptors (Lipinski definition) is 5. The molecule has 0 radical (unpaired) electrons. The van der Waals surface area contributed by atoms with Crippen LogP contribution in [0.25, 0.3) is 0 Å². The average molecular weight is 466 g/mol. The lowest BCUT2D eigenvalue weighted by molar-refractivity contribution is -0.344. The van der Waals surface area contributed by atoms with E-state index in [1.165, 1.54) is 7.11 Å². The number of carbonyl (C=O) groups excluding carboxylic acids is 2. The van der Waals surface area contributed by atoms with Gasteiger partial charge < -0.3 is 14.2 Å². The van der Waals surface area contributed by atoms with Gasteiger partial charge in [0.05, 0.1) is 7.11 Å². The van der Waals surface area contributed by atoms with Crippen LogP contribution < -0.4 is 4.74 Å². The van der Waals surface area contributed by atoms with Crippen LogP contribution in [0.5, 0.6) is 5.75 Å². The quantitative estimate of drug-likeness (QED) is 0.332. The monoisotopic (exact) mass is 466 g/mol. The van der Waals surface area contributed by atoms with E-state index < -0.39 is 49.2 Å². The zero-order chi connectivity index (χ0) is 23.9. The number of ether oxygens (including phenoxy) is 3. The molecule has 0 amide bonds. The average Bonchev–Trinajstić information content (AvgIpc) is 2.70. The zero-order valence-electron chi connectivity index (χ0n) is 16.0. The number of benzene rings is 1. The molecule has 13 heteroatoms. The summed E-state index contributed by atoms with van der Waals surface area (Å²) in [5.41, 5.74) is 0.623. The number of carbonyl (C=O) groups is 2. The van der Waals surface area contributed by atoms with E-state index in [-0.39, 0.29) is 19.4 Å². The van der Waals surface area contributed by atoms with Gasteiger partial charge in [0.1, 0.15) is 12.4 Å². The van der Waals surface area contributed by atoms with E-state index in [9.17, 15) is 44.7 Å². The molecule has 1 rings (SSSR count). The van der Waals surface area contributed by atoms with Gasteiger partial charge in [0, 0.05) is 12.8 Å². The van der Waals surface area contributed by atoms with Crippen molar-refractivity contribution < 1.29 is 58.9 Å². The van der Waals surface area contributed by atoms with Crippen molar-refractivity contribution in [2.75, 3.05) is 13.7 Å². The Balaban J connectivity index is 2.40. The van der Waals surface area contributed by atoms with Gasteiger partial charge in [0.15, 0.2) is 6.61 Å². The van der Waals surface area contributed by atoms with Gasteiger partial charge in [-0.25, -0.2) is 8.78 Å². The molecule has 1 aromatic carbocycles. The van der Waals surface area contributed by atoms with Crippen molar-refractivity contribution >= 4 is 11.9 Å². The molecule has 0 aromatic heterocycles. The summed E-state index contributed by atoms with van der Waals surface area (Å²) >= 11 is 0. The molecule has 0 aliphatic heterocycles. The van der Waals surface area contributed by atoms with E-state index in [4.69, 9.17) is 9.47 Å². The highest BCUT2D eigenvalue weighted by atomic mass is 19.4. The maximum absolute atomic E-state index is 13.3. The summed E-state index contributed by atoms with van der Waals surface area (Å²) in [5, 5.41) is 0. The number of alkyl halides is 8. The molecular weight excluding hydrogens is 448 g/mol. The summed E-state index contributed by atoms with van der Waals surface area (Å²) in [5.74, 6) is -20.2. The standard InChI is InChI=1S/C18H18F8O5/c1-29-12-7-5-11(6-8-12)9-30-13(27)3-2-4-14(28)31-10-16(21,22)18(25,26)17(23,24)15(19)20/h5-8,15H,2-4,9-10H2,1H3. The van der Waals surface area contributed by atoms with Gasteiger partial charge >= 0.3 is 36.1 Å². The highest BCUT2D eigenvalue weighted by molar-refractivity contribution is 5.72. The van der Waals surface area contributed by atoms with Crippen LogP contribution in [0.2, 0.25) is 0 Å². The van der Waals surface area contributed by atoms with Crippen LogP contribution >= 0.6 is 0 Å². The van der Waals surface area contributed by atoms with Gasteiger partial charge in [0.2, 0.25) is 0 Å². The van der Waals surface area contributed by atoms with Crippen LogP contribution in [-0.4, -0.2) is 49.8 Å². The Labute approximate surface area is 171 Å². The molecule has 31 heavy (non-hydrogen) atoms. The zero-order valence-corrected chi connectivity index (χ0v) is 16.0. The molecule has 0 saturated heterocycles. The van der Waals surface area contributed by atoms with Crippen molar-refractivity contribution in [3.63, 3.8) is 0 Å².